The molecule has 2 N–H and O–H groups in total. The first-order valence-electron chi connectivity index (χ1n) is 9.15. The van der Waals surface area contributed by atoms with Gasteiger partial charge in [-0.2, -0.15) is 0 Å². The van der Waals surface area contributed by atoms with E-state index < -0.39 is 5.97 Å². The van der Waals surface area contributed by atoms with Gasteiger partial charge in [-0.15, -0.1) is 11.3 Å². The molecule has 30 heavy (non-hydrogen) atoms. The number of aromatic carboxylic acids is 1. The van der Waals surface area contributed by atoms with Gasteiger partial charge in [-0.25, -0.2) is 14.8 Å². The molecule has 0 spiro atoms. The van der Waals surface area contributed by atoms with Crippen molar-refractivity contribution in [2.24, 2.45) is 0 Å². The van der Waals surface area contributed by atoms with Gasteiger partial charge in [0.25, 0.3) is 0 Å². The van der Waals surface area contributed by atoms with Crippen molar-refractivity contribution in [1.82, 2.24) is 24.9 Å². The third-order valence-electron chi connectivity index (χ3n) is 4.71. The third kappa shape index (κ3) is 3.23. The molecule has 0 unspecified atom stereocenters. The molecule has 7 nitrogen and oxygen atoms in total. The lowest BCUT2D eigenvalue weighted by Gasteiger charge is -2.06. The Hall–Kier alpha value is -3.91. The molecule has 8 heteroatoms. The number of carbonyl (C=O) groups is 1. The standard InChI is InChI=1S/C22H15N5O2S/c1-12-3-2-4-17(26-12)20-19(24-11-25-20)13-5-6-16-14(7-13)8-15(9-23-16)21-27-18(10-30-21)22(28)29/h2-11H,1H3,(H,24,25)(H,28,29). The van der Waals surface area contributed by atoms with E-state index in [9.17, 15) is 4.79 Å². The number of fused-ring (bicyclic) bond motifs is 1. The molecule has 0 fully saturated rings. The van der Waals surface area contributed by atoms with Crippen molar-refractivity contribution in [2.75, 3.05) is 0 Å². The highest BCUT2D eigenvalue weighted by atomic mass is 32.1. The molecular formula is C22H15N5O2S. The number of H-pyrrole nitrogens is 1. The molecule has 0 saturated heterocycles. The molecule has 146 valence electrons. The molecular weight excluding hydrogens is 398 g/mol. The van der Waals surface area contributed by atoms with Crippen LogP contribution < -0.4 is 0 Å². The summed E-state index contributed by atoms with van der Waals surface area (Å²) in [6, 6.07) is 13.8. The van der Waals surface area contributed by atoms with E-state index in [1.807, 2.05) is 49.4 Å². The Morgan fingerprint density at radius 2 is 1.93 bits per heavy atom. The van der Waals surface area contributed by atoms with Crippen molar-refractivity contribution in [2.45, 2.75) is 6.92 Å². The lowest BCUT2D eigenvalue weighted by molar-refractivity contribution is 0.0691. The minimum atomic E-state index is -1.04. The summed E-state index contributed by atoms with van der Waals surface area (Å²) in [5.41, 5.74) is 6.02. The van der Waals surface area contributed by atoms with E-state index in [0.717, 1.165) is 44.8 Å². The summed E-state index contributed by atoms with van der Waals surface area (Å²) in [5.74, 6) is -1.04. The summed E-state index contributed by atoms with van der Waals surface area (Å²) in [6.45, 7) is 1.96. The molecule has 0 aliphatic rings. The van der Waals surface area contributed by atoms with E-state index in [-0.39, 0.29) is 5.69 Å². The van der Waals surface area contributed by atoms with Crippen molar-refractivity contribution < 1.29 is 9.90 Å². The molecule has 5 rings (SSSR count). The van der Waals surface area contributed by atoms with Crippen molar-refractivity contribution in [3.05, 3.63) is 71.8 Å². The first-order valence-corrected chi connectivity index (χ1v) is 10.0. The number of benzene rings is 1. The number of nitrogens with zero attached hydrogens (tertiary/aromatic N) is 4. The Morgan fingerprint density at radius 3 is 2.73 bits per heavy atom. The van der Waals surface area contributed by atoms with E-state index in [1.54, 1.807) is 12.5 Å². The maximum absolute atomic E-state index is 11.1. The number of carboxylic acid groups (broad SMARTS) is 1. The van der Waals surface area contributed by atoms with Gasteiger partial charge in [0.05, 0.1) is 28.9 Å². The maximum Gasteiger partial charge on any atom is 0.355 e. The highest BCUT2D eigenvalue weighted by Gasteiger charge is 2.14. The van der Waals surface area contributed by atoms with Crippen LogP contribution in [0.2, 0.25) is 0 Å². The van der Waals surface area contributed by atoms with Crippen molar-refractivity contribution in [1.29, 1.82) is 0 Å². The number of aromatic nitrogens is 5. The molecule has 1 aromatic carbocycles. The number of pyridine rings is 2. The Bertz CT molecular complexity index is 1410. The predicted molar refractivity (Wildman–Crippen MR) is 115 cm³/mol. The minimum Gasteiger partial charge on any atom is -0.476 e. The van der Waals surface area contributed by atoms with E-state index in [1.165, 1.54) is 16.7 Å². The summed E-state index contributed by atoms with van der Waals surface area (Å²) >= 11 is 1.28. The Kier molecular flexibility index (Phi) is 4.33. The van der Waals surface area contributed by atoms with Crippen LogP contribution in [-0.2, 0) is 0 Å². The van der Waals surface area contributed by atoms with Crippen molar-refractivity contribution in [3.8, 4) is 33.2 Å². The summed E-state index contributed by atoms with van der Waals surface area (Å²) in [5, 5.41) is 12.2. The van der Waals surface area contributed by atoms with Crippen molar-refractivity contribution in [3.63, 3.8) is 0 Å². The molecule has 0 atom stereocenters. The van der Waals surface area contributed by atoms with Gasteiger partial charge in [0.15, 0.2) is 5.69 Å². The number of thiazole rings is 1. The number of hydrogen-bond donors (Lipinski definition) is 2. The lowest BCUT2D eigenvalue weighted by atomic mass is 10.0. The highest BCUT2D eigenvalue weighted by Crippen LogP contribution is 2.31. The second kappa shape index (κ2) is 7.16. The number of rotatable bonds is 4. The summed E-state index contributed by atoms with van der Waals surface area (Å²) in [4.78, 5) is 32.1. The SMILES string of the molecule is Cc1cccc(-c2[nH]cnc2-c2ccc3ncc(-c4nc(C(=O)O)cs4)cc3c2)n1. The first-order chi connectivity index (χ1) is 14.6. The third-order valence-corrected chi connectivity index (χ3v) is 5.60. The normalized spacial score (nSPS) is 11.1. The smallest absolute Gasteiger partial charge is 0.355 e. The second-order valence-electron chi connectivity index (χ2n) is 6.76. The average Bonchev–Trinajstić information content (AvgIpc) is 3.43. The fraction of sp³-hybridized carbons (Fsp3) is 0.0455. The van der Waals surface area contributed by atoms with Crippen LogP contribution in [0, 0.1) is 6.92 Å². The number of aromatic amines is 1. The topological polar surface area (TPSA) is 105 Å². The van der Waals surface area contributed by atoms with E-state index >= 15 is 0 Å². The van der Waals surface area contributed by atoms with Crippen molar-refractivity contribution >= 4 is 28.2 Å². The summed E-state index contributed by atoms with van der Waals surface area (Å²) in [7, 11) is 0. The van der Waals surface area contributed by atoms with Gasteiger partial charge in [0, 0.05) is 33.8 Å². The van der Waals surface area contributed by atoms with Gasteiger partial charge in [-0.1, -0.05) is 12.1 Å². The van der Waals surface area contributed by atoms with Gasteiger partial charge in [-0.3, -0.25) is 9.97 Å². The number of hydrogen-bond acceptors (Lipinski definition) is 6. The van der Waals surface area contributed by atoms with Gasteiger partial charge in [0.1, 0.15) is 5.01 Å². The molecule has 0 radical (unpaired) electrons. The van der Waals surface area contributed by atoms with E-state index in [4.69, 9.17) is 5.11 Å². The van der Waals surface area contributed by atoms with Crippen LogP contribution in [0.3, 0.4) is 0 Å². The molecule has 0 amide bonds. The maximum atomic E-state index is 11.1. The molecule has 0 aliphatic heterocycles. The molecule has 4 aromatic heterocycles. The zero-order valence-corrected chi connectivity index (χ0v) is 16.6. The molecule has 5 aromatic rings. The summed E-state index contributed by atoms with van der Waals surface area (Å²) in [6.07, 6.45) is 3.37. The monoisotopic (exact) mass is 413 g/mol. The zero-order chi connectivity index (χ0) is 20.7. The second-order valence-corrected chi connectivity index (χ2v) is 7.62. The van der Waals surface area contributed by atoms with Crippen LogP contribution >= 0.6 is 11.3 Å². The minimum absolute atomic E-state index is 0.0377. The number of imidazole rings is 1. The largest absolute Gasteiger partial charge is 0.476 e. The van der Waals surface area contributed by atoms with Gasteiger partial charge in [-0.05, 0) is 37.3 Å². The van der Waals surface area contributed by atoms with Gasteiger partial charge in [0.2, 0.25) is 0 Å². The van der Waals surface area contributed by atoms with Crippen LogP contribution in [0.4, 0.5) is 0 Å². The number of nitrogens with one attached hydrogen (secondary N) is 1. The number of carboxylic acids is 1. The number of aryl methyl sites for hydroxylation is 1. The predicted octanol–water partition coefficient (Wildman–Crippen LogP) is 4.82. The fourth-order valence-corrected chi connectivity index (χ4v) is 4.07. The van der Waals surface area contributed by atoms with E-state index in [2.05, 4.69) is 24.9 Å². The lowest BCUT2D eigenvalue weighted by Crippen LogP contribution is -1.95. The van der Waals surface area contributed by atoms with Crippen LogP contribution in [0.5, 0.6) is 0 Å². The van der Waals surface area contributed by atoms with Crippen LogP contribution in [0.15, 0.2) is 60.4 Å². The Morgan fingerprint density at radius 1 is 1.07 bits per heavy atom. The average molecular weight is 413 g/mol. The fourth-order valence-electron chi connectivity index (χ4n) is 3.29. The first kappa shape index (κ1) is 18.1. The molecule has 0 aliphatic carbocycles. The van der Waals surface area contributed by atoms with Crippen LogP contribution in [-0.4, -0.2) is 36.0 Å². The van der Waals surface area contributed by atoms with Crippen LogP contribution in [0.1, 0.15) is 16.2 Å². The molecule has 0 saturated carbocycles. The van der Waals surface area contributed by atoms with Gasteiger partial charge >= 0.3 is 5.97 Å². The van der Waals surface area contributed by atoms with E-state index in [0.29, 0.717) is 5.01 Å². The quantitative estimate of drug-likeness (QED) is 0.438. The van der Waals surface area contributed by atoms with Crippen LogP contribution in [0.25, 0.3) is 44.1 Å². The highest BCUT2D eigenvalue weighted by molar-refractivity contribution is 7.13. The molecule has 0 bridgehead atoms. The van der Waals surface area contributed by atoms with Gasteiger partial charge < -0.3 is 10.1 Å². The Labute approximate surface area is 175 Å². The Balaban J connectivity index is 1.58. The zero-order valence-electron chi connectivity index (χ0n) is 15.8. The summed E-state index contributed by atoms with van der Waals surface area (Å²) < 4.78 is 0. The molecule has 4 heterocycles.